The molecule has 1 aliphatic heterocycles. The summed E-state index contributed by atoms with van der Waals surface area (Å²) in [6.07, 6.45) is 1.43. The highest BCUT2D eigenvalue weighted by molar-refractivity contribution is 14.1. The van der Waals surface area contributed by atoms with E-state index in [1.807, 2.05) is 6.07 Å². The second kappa shape index (κ2) is 16.2. The van der Waals surface area contributed by atoms with E-state index in [9.17, 15) is 24.5 Å². The standard InChI is InChI=1S/C31H29BrIN5O9/c1-4-45-30(40)27-17(2)35-31(41)36-28(27)19-7-10-24(25(12-19)44-3)46-16-26(39)37-34-14-20-11-21(32)13-23(33)29(20)47-15-18-5-8-22(9-6-18)38(42)43/h5-14,28H,4,15-16H2,1-3H3,(H,37,39)(H2,35,36,41)/b34-14+/t28-/m0/s1. The SMILES string of the molecule is CCOC(=O)C1=C(C)NC(=O)N[C@H]1c1ccc(OCC(=O)N/N=C/c2cc(Br)cc(I)c2OCc2ccc([N+](=O)[O-])cc2)c(OC)c1. The molecule has 0 saturated carbocycles. The first-order valence-electron chi connectivity index (χ1n) is 13.9. The molecule has 4 rings (SSSR count). The van der Waals surface area contributed by atoms with Gasteiger partial charge in [-0.1, -0.05) is 22.0 Å². The quantitative estimate of drug-likeness (QED) is 0.0681. The summed E-state index contributed by atoms with van der Waals surface area (Å²) in [5, 5.41) is 20.3. The average molecular weight is 822 g/mol. The van der Waals surface area contributed by atoms with Gasteiger partial charge in [0.05, 0.1) is 40.0 Å². The van der Waals surface area contributed by atoms with E-state index in [4.69, 9.17) is 18.9 Å². The van der Waals surface area contributed by atoms with Crippen LogP contribution in [0.1, 0.15) is 36.6 Å². The topological polar surface area (TPSA) is 180 Å². The number of urea groups is 1. The molecule has 1 atom stereocenters. The van der Waals surface area contributed by atoms with E-state index in [-0.39, 0.29) is 36.0 Å². The van der Waals surface area contributed by atoms with E-state index in [0.29, 0.717) is 22.6 Å². The lowest BCUT2D eigenvalue weighted by atomic mass is 9.95. The lowest BCUT2D eigenvalue weighted by Gasteiger charge is -2.28. The fraction of sp³-hybridized carbons (Fsp3) is 0.226. The van der Waals surface area contributed by atoms with E-state index < -0.39 is 35.5 Å². The van der Waals surface area contributed by atoms with Crippen LogP contribution in [0.3, 0.4) is 0 Å². The van der Waals surface area contributed by atoms with Gasteiger partial charge < -0.3 is 29.6 Å². The normalized spacial score (nSPS) is 14.2. The number of non-ortho nitro benzene ring substituents is 1. The third-order valence-corrected chi connectivity index (χ3v) is 7.86. The van der Waals surface area contributed by atoms with E-state index >= 15 is 0 Å². The van der Waals surface area contributed by atoms with Gasteiger partial charge in [-0.3, -0.25) is 14.9 Å². The van der Waals surface area contributed by atoms with Crippen molar-refractivity contribution in [2.45, 2.75) is 26.5 Å². The Morgan fingerprint density at radius 3 is 2.55 bits per heavy atom. The molecule has 14 nitrogen and oxygen atoms in total. The van der Waals surface area contributed by atoms with Crippen molar-refractivity contribution in [2.24, 2.45) is 5.10 Å². The summed E-state index contributed by atoms with van der Waals surface area (Å²) < 4.78 is 23.8. The van der Waals surface area contributed by atoms with Crippen LogP contribution in [0.4, 0.5) is 10.5 Å². The van der Waals surface area contributed by atoms with Crippen molar-refractivity contribution >= 4 is 68.3 Å². The Labute approximate surface area is 291 Å². The van der Waals surface area contributed by atoms with Gasteiger partial charge in [0.1, 0.15) is 12.4 Å². The minimum absolute atomic E-state index is 0.0145. The third-order valence-electron chi connectivity index (χ3n) is 6.60. The number of amides is 3. The number of nitrogens with zero attached hydrogens (tertiary/aromatic N) is 2. The minimum Gasteiger partial charge on any atom is -0.493 e. The number of hydrogen-bond donors (Lipinski definition) is 3. The van der Waals surface area contributed by atoms with Crippen LogP contribution in [0.15, 0.2) is 75.4 Å². The largest absolute Gasteiger partial charge is 0.493 e. The second-order valence-corrected chi connectivity index (χ2v) is 11.9. The van der Waals surface area contributed by atoms with Crippen LogP contribution < -0.4 is 30.3 Å². The molecule has 3 N–H and O–H groups in total. The molecule has 16 heteroatoms. The Balaban J connectivity index is 1.40. The molecular formula is C31H29BrIN5O9. The van der Waals surface area contributed by atoms with Crippen molar-refractivity contribution in [1.29, 1.82) is 0 Å². The number of carbonyl (C=O) groups is 3. The molecule has 3 aromatic rings. The first-order valence-corrected chi connectivity index (χ1v) is 15.8. The predicted octanol–water partition coefficient (Wildman–Crippen LogP) is 5.27. The summed E-state index contributed by atoms with van der Waals surface area (Å²) in [6, 6.07) is 13.2. The number of allylic oxidation sites excluding steroid dienone is 1. The number of nitro benzene ring substituents is 1. The molecular weight excluding hydrogens is 793 g/mol. The Bertz CT molecular complexity index is 1750. The molecule has 0 aromatic heterocycles. The van der Waals surface area contributed by atoms with Gasteiger partial charge in [-0.25, -0.2) is 15.0 Å². The fourth-order valence-corrected chi connectivity index (χ4v) is 6.16. The van der Waals surface area contributed by atoms with Crippen LogP contribution >= 0.6 is 38.5 Å². The summed E-state index contributed by atoms with van der Waals surface area (Å²) in [5.74, 6) is -0.102. The van der Waals surface area contributed by atoms with Crippen molar-refractivity contribution in [3.05, 3.63) is 101 Å². The van der Waals surface area contributed by atoms with Gasteiger partial charge in [-0.15, -0.1) is 0 Å². The highest BCUT2D eigenvalue weighted by Gasteiger charge is 2.32. The number of esters is 1. The van der Waals surface area contributed by atoms with Gasteiger partial charge in [0.15, 0.2) is 18.1 Å². The molecule has 246 valence electrons. The Morgan fingerprint density at radius 1 is 1.13 bits per heavy atom. The maximum atomic E-state index is 12.6. The molecule has 3 aromatic carbocycles. The lowest BCUT2D eigenvalue weighted by Crippen LogP contribution is -2.45. The maximum absolute atomic E-state index is 12.6. The van der Waals surface area contributed by atoms with Crippen LogP contribution in [-0.4, -0.2) is 49.4 Å². The van der Waals surface area contributed by atoms with Crippen LogP contribution in [-0.2, 0) is 20.9 Å². The van der Waals surface area contributed by atoms with E-state index in [1.165, 1.54) is 25.5 Å². The van der Waals surface area contributed by atoms with Crippen molar-refractivity contribution in [1.82, 2.24) is 16.1 Å². The summed E-state index contributed by atoms with van der Waals surface area (Å²) >= 11 is 5.56. The lowest BCUT2D eigenvalue weighted by molar-refractivity contribution is -0.384. The van der Waals surface area contributed by atoms with Crippen molar-refractivity contribution < 1.29 is 38.3 Å². The van der Waals surface area contributed by atoms with E-state index in [0.717, 1.165) is 13.6 Å². The van der Waals surface area contributed by atoms with Gasteiger partial charge in [0.2, 0.25) is 0 Å². The Hall–Kier alpha value is -4.71. The Morgan fingerprint density at radius 2 is 1.87 bits per heavy atom. The number of rotatable bonds is 13. The molecule has 0 spiro atoms. The highest BCUT2D eigenvalue weighted by atomic mass is 127. The summed E-state index contributed by atoms with van der Waals surface area (Å²) in [6.45, 7) is 3.22. The summed E-state index contributed by atoms with van der Waals surface area (Å²) in [5.41, 5.74) is 4.86. The van der Waals surface area contributed by atoms with Gasteiger partial charge in [0.25, 0.3) is 11.6 Å². The maximum Gasteiger partial charge on any atom is 0.338 e. The number of methoxy groups -OCH3 is 1. The fourth-order valence-electron chi connectivity index (χ4n) is 4.45. The molecule has 0 aliphatic carbocycles. The zero-order valence-electron chi connectivity index (χ0n) is 25.3. The molecule has 0 fully saturated rings. The van der Waals surface area contributed by atoms with Crippen LogP contribution in [0, 0.1) is 13.7 Å². The van der Waals surface area contributed by atoms with Crippen LogP contribution in [0.5, 0.6) is 17.2 Å². The van der Waals surface area contributed by atoms with Gasteiger partial charge in [0, 0.05) is 27.9 Å². The number of carbonyl (C=O) groups excluding carboxylic acids is 3. The molecule has 0 bridgehead atoms. The zero-order chi connectivity index (χ0) is 34.1. The summed E-state index contributed by atoms with van der Waals surface area (Å²) in [4.78, 5) is 47.9. The number of ether oxygens (including phenoxy) is 4. The zero-order valence-corrected chi connectivity index (χ0v) is 29.0. The molecule has 1 aliphatic rings. The first kappa shape index (κ1) is 35.1. The predicted molar refractivity (Wildman–Crippen MR) is 182 cm³/mol. The van der Waals surface area contributed by atoms with Crippen molar-refractivity contribution in [3.63, 3.8) is 0 Å². The number of benzene rings is 3. The number of hydrazone groups is 1. The molecule has 1 heterocycles. The molecule has 0 radical (unpaired) electrons. The highest BCUT2D eigenvalue weighted by Crippen LogP contribution is 2.35. The third kappa shape index (κ3) is 9.19. The smallest absolute Gasteiger partial charge is 0.338 e. The van der Waals surface area contributed by atoms with Gasteiger partial charge >= 0.3 is 12.0 Å². The van der Waals surface area contributed by atoms with Crippen molar-refractivity contribution in [2.75, 3.05) is 20.3 Å². The molecule has 0 unspecified atom stereocenters. The van der Waals surface area contributed by atoms with Crippen LogP contribution in [0.2, 0.25) is 0 Å². The first-order chi connectivity index (χ1) is 22.5. The van der Waals surface area contributed by atoms with Gasteiger partial charge in [-0.2, -0.15) is 5.10 Å². The minimum atomic E-state index is -0.799. The number of nitro groups is 1. The van der Waals surface area contributed by atoms with E-state index in [1.54, 1.807) is 50.2 Å². The Kier molecular flexibility index (Phi) is 12.1. The summed E-state index contributed by atoms with van der Waals surface area (Å²) in [7, 11) is 1.42. The molecule has 47 heavy (non-hydrogen) atoms. The van der Waals surface area contributed by atoms with Gasteiger partial charge in [-0.05, 0) is 84.0 Å². The number of nitrogens with one attached hydrogen (secondary N) is 3. The second-order valence-electron chi connectivity index (χ2n) is 9.80. The van der Waals surface area contributed by atoms with Crippen molar-refractivity contribution in [3.8, 4) is 17.2 Å². The van der Waals surface area contributed by atoms with E-state index in [2.05, 4.69) is 59.7 Å². The molecule has 0 saturated heterocycles. The number of halogens is 2. The molecule has 3 amide bonds. The van der Waals surface area contributed by atoms with Crippen LogP contribution in [0.25, 0.3) is 0 Å². The number of hydrogen-bond acceptors (Lipinski definition) is 10. The monoisotopic (exact) mass is 821 g/mol. The average Bonchev–Trinajstić information content (AvgIpc) is 3.03.